The van der Waals surface area contributed by atoms with Crippen LogP contribution in [0, 0.1) is 0 Å². The lowest BCUT2D eigenvalue weighted by Crippen LogP contribution is -2.35. The molecule has 0 saturated carbocycles. The van der Waals surface area contributed by atoms with Gasteiger partial charge in [-0.15, -0.1) is 0 Å². The molecule has 2 aromatic carbocycles. The maximum atomic E-state index is 12.6. The Morgan fingerprint density at radius 3 is 2.62 bits per heavy atom. The molecule has 3 rings (SSSR count). The largest absolute Gasteiger partial charge is 0.325 e. The van der Waals surface area contributed by atoms with E-state index in [1.54, 1.807) is 6.07 Å². The average Bonchev–Trinajstić information content (AvgIpc) is 2.68. The fourth-order valence-corrected chi connectivity index (χ4v) is 5.09. The van der Waals surface area contributed by atoms with Gasteiger partial charge in [-0.05, 0) is 55.6 Å². The van der Waals surface area contributed by atoms with Crippen LogP contribution >= 0.6 is 11.6 Å². The van der Waals surface area contributed by atoms with Crippen LogP contribution in [0.1, 0.15) is 30.0 Å². The van der Waals surface area contributed by atoms with E-state index in [2.05, 4.69) is 17.4 Å². The van der Waals surface area contributed by atoms with Gasteiger partial charge in [0.1, 0.15) is 4.90 Å². The summed E-state index contributed by atoms with van der Waals surface area (Å²) < 4.78 is 25.9. The van der Waals surface area contributed by atoms with Gasteiger partial charge in [0.15, 0.2) is 0 Å². The first kappa shape index (κ1) is 21.8. The van der Waals surface area contributed by atoms with Crippen LogP contribution in [0.5, 0.6) is 0 Å². The van der Waals surface area contributed by atoms with E-state index < -0.39 is 10.0 Å². The summed E-state index contributed by atoms with van der Waals surface area (Å²) in [5.41, 5.74) is 3.02. The lowest BCUT2D eigenvalue weighted by molar-refractivity contribution is -0.117. The molecule has 0 unspecified atom stereocenters. The molecule has 6 nitrogen and oxygen atoms in total. The second-order valence-corrected chi connectivity index (χ2v) is 10.0. The fourth-order valence-electron chi connectivity index (χ4n) is 3.70. The fraction of sp³-hybridized carbons (Fsp3) is 0.381. The summed E-state index contributed by atoms with van der Waals surface area (Å²) in [6, 6.07) is 13.0. The molecule has 2 aromatic rings. The van der Waals surface area contributed by atoms with E-state index in [-0.39, 0.29) is 28.4 Å². The standard InChI is InChI=1S/C21H26ClN3O3S/c1-24(2)29(27,28)20-13-16(11-12-18(20)22)23-21(26)14-25(3)19-10-6-8-15-7-4-5-9-17(15)19/h4-5,7,9,11-13,19H,6,8,10,14H2,1-3H3,(H,23,26)/t19-/m1/s1. The molecule has 0 fully saturated rings. The van der Waals surface area contributed by atoms with Gasteiger partial charge in [0.05, 0.1) is 11.6 Å². The van der Waals surface area contributed by atoms with E-state index in [0.717, 1.165) is 23.6 Å². The summed E-state index contributed by atoms with van der Waals surface area (Å²) in [6.45, 7) is 0.206. The minimum atomic E-state index is -3.70. The molecule has 0 radical (unpaired) electrons. The van der Waals surface area contributed by atoms with E-state index in [0.29, 0.717) is 5.69 Å². The maximum absolute atomic E-state index is 12.6. The predicted octanol–water partition coefficient (Wildman–Crippen LogP) is 3.54. The molecule has 0 aliphatic heterocycles. The van der Waals surface area contributed by atoms with Crippen molar-refractivity contribution in [3.8, 4) is 0 Å². The number of likely N-dealkylation sites (N-methyl/N-ethyl adjacent to an activating group) is 1. The Morgan fingerprint density at radius 2 is 1.90 bits per heavy atom. The number of sulfonamides is 1. The van der Waals surface area contributed by atoms with Crippen molar-refractivity contribution in [2.45, 2.75) is 30.2 Å². The molecule has 1 aliphatic rings. The lowest BCUT2D eigenvalue weighted by Gasteiger charge is -2.32. The Kier molecular flexibility index (Phi) is 6.63. The van der Waals surface area contributed by atoms with Crippen molar-refractivity contribution in [3.05, 3.63) is 58.6 Å². The first-order chi connectivity index (χ1) is 13.7. The van der Waals surface area contributed by atoms with Crippen LogP contribution in [0.15, 0.2) is 47.4 Å². The van der Waals surface area contributed by atoms with E-state index in [1.165, 1.54) is 37.4 Å². The van der Waals surface area contributed by atoms with Crippen LogP contribution in [0.4, 0.5) is 5.69 Å². The average molecular weight is 436 g/mol. The van der Waals surface area contributed by atoms with Crippen molar-refractivity contribution < 1.29 is 13.2 Å². The minimum absolute atomic E-state index is 0.0310. The van der Waals surface area contributed by atoms with E-state index in [9.17, 15) is 13.2 Å². The number of fused-ring (bicyclic) bond motifs is 1. The Balaban J connectivity index is 1.72. The summed E-state index contributed by atoms with van der Waals surface area (Å²) in [5, 5.41) is 2.91. The Labute approximate surface area is 177 Å². The van der Waals surface area contributed by atoms with Crippen LogP contribution in [0.25, 0.3) is 0 Å². The topological polar surface area (TPSA) is 69.7 Å². The number of carbonyl (C=O) groups excluding carboxylic acids is 1. The van der Waals surface area contributed by atoms with Gasteiger partial charge in [-0.2, -0.15) is 0 Å². The number of rotatable bonds is 6. The monoisotopic (exact) mass is 435 g/mol. The first-order valence-corrected chi connectivity index (χ1v) is 11.3. The van der Waals surface area contributed by atoms with Crippen molar-refractivity contribution in [2.75, 3.05) is 33.0 Å². The van der Waals surface area contributed by atoms with Gasteiger partial charge >= 0.3 is 0 Å². The molecular formula is C21H26ClN3O3S. The van der Waals surface area contributed by atoms with Crippen molar-refractivity contribution in [2.24, 2.45) is 0 Å². The van der Waals surface area contributed by atoms with Crippen LogP contribution in [0.3, 0.4) is 0 Å². The number of hydrogen-bond donors (Lipinski definition) is 1. The number of benzene rings is 2. The zero-order valence-electron chi connectivity index (χ0n) is 16.9. The van der Waals surface area contributed by atoms with Crippen LogP contribution in [0.2, 0.25) is 5.02 Å². The number of amides is 1. The summed E-state index contributed by atoms with van der Waals surface area (Å²) in [6.07, 6.45) is 3.17. The van der Waals surface area contributed by atoms with Crippen LogP contribution in [-0.4, -0.2) is 51.2 Å². The molecule has 0 spiro atoms. The molecule has 0 heterocycles. The molecule has 8 heteroatoms. The van der Waals surface area contributed by atoms with Crippen molar-refractivity contribution >= 4 is 33.2 Å². The third-order valence-electron chi connectivity index (χ3n) is 5.24. The van der Waals surface area contributed by atoms with Crippen LogP contribution < -0.4 is 5.32 Å². The molecule has 1 aliphatic carbocycles. The number of anilines is 1. The zero-order chi connectivity index (χ0) is 21.2. The van der Waals surface area contributed by atoms with Crippen LogP contribution in [-0.2, 0) is 21.2 Å². The number of carbonyl (C=O) groups is 1. The third kappa shape index (κ3) is 4.80. The zero-order valence-corrected chi connectivity index (χ0v) is 18.4. The maximum Gasteiger partial charge on any atom is 0.244 e. The summed E-state index contributed by atoms with van der Waals surface area (Å²) in [7, 11) is 1.12. The van der Waals surface area contributed by atoms with Gasteiger partial charge in [0.25, 0.3) is 0 Å². The summed E-state index contributed by atoms with van der Waals surface area (Å²) >= 11 is 6.07. The molecule has 1 amide bonds. The second kappa shape index (κ2) is 8.83. The third-order valence-corrected chi connectivity index (χ3v) is 7.53. The highest BCUT2D eigenvalue weighted by Crippen LogP contribution is 2.33. The number of halogens is 1. The van der Waals surface area contributed by atoms with Gasteiger partial charge in [-0.25, -0.2) is 12.7 Å². The lowest BCUT2D eigenvalue weighted by atomic mass is 9.87. The molecular weight excluding hydrogens is 410 g/mol. The molecule has 0 aromatic heterocycles. The number of hydrogen-bond acceptors (Lipinski definition) is 4. The molecule has 1 N–H and O–H groups in total. The van der Waals surface area contributed by atoms with E-state index >= 15 is 0 Å². The van der Waals surface area contributed by atoms with Crippen molar-refractivity contribution in [1.82, 2.24) is 9.21 Å². The normalized spacial score (nSPS) is 16.7. The predicted molar refractivity (Wildman–Crippen MR) is 116 cm³/mol. The number of aryl methyl sites for hydroxylation is 1. The summed E-state index contributed by atoms with van der Waals surface area (Å²) in [4.78, 5) is 14.6. The Morgan fingerprint density at radius 1 is 1.17 bits per heavy atom. The molecule has 0 saturated heterocycles. The van der Waals surface area contributed by atoms with Gasteiger partial charge in [0, 0.05) is 25.8 Å². The van der Waals surface area contributed by atoms with E-state index in [4.69, 9.17) is 11.6 Å². The number of nitrogens with zero attached hydrogens (tertiary/aromatic N) is 2. The molecule has 0 bridgehead atoms. The highest BCUT2D eigenvalue weighted by atomic mass is 35.5. The van der Waals surface area contributed by atoms with Crippen molar-refractivity contribution in [1.29, 1.82) is 0 Å². The molecule has 156 valence electrons. The Hall–Kier alpha value is -1.93. The Bertz CT molecular complexity index is 1010. The highest BCUT2D eigenvalue weighted by Gasteiger charge is 2.25. The SMILES string of the molecule is CN(CC(=O)Nc1ccc(Cl)c(S(=O)(=O)N(C)C)c1)[C@@H]1CCCc2ccccc21. The number of nitrogens with one attached hydrogen (secondary N) is 1. The van der Waals surface area contributed by atoms with Gasteiger partial charge in [-0.3, -0.25) is 9.69 Å². The van der Waals surface area contributed by atoms with Gasteiger partial charge in [-0.1, -0.05) is 35.9 Å². The van der Waals surface area contributed by atoms with Gasteiger partial charge in [0.2, 0.25) is 15.9 Å². The minimum Gasteiger partial charge on any atom is -0.325 e. The van der Waals surface area contributed by atoms with Gasteiger partial charge < -0.3 is 5.32 Å². The second-order valence-electron chi connectivity index (χ2n) is 7.50. The summed E-state index contributed by atoms with van der Waals surface area (Å²) in [5.74, 6) is -0.203. The van der Waals surface area contributed by atoms with Crippen molar-refractivity contribution in [3.63, 3.8) is 0 Å². The molecule has 1 atom stereocenters. The van der Waals surface area contributed by atoms with E-state index in [1.807, 2.05) is 24.1 Å². The smallest absolute Gasteiger partial charge is 0.244 e. The quantitative estimate of drug-likeness (QED) is 0.753. The first-order valence-electron chi connectivity index (χ1n) is 9.50. The molecule has 29 heavy (non-hydrogen) atoms. The highest BCUT2D eigenvalue weighted by molar-refractivity contribution is 7.89.